The van der Waals surface area contributed by atoms with Crippen LogP contribution in [0, 0.1) is 0 Å². The molecule has 0 spiro atoms. The van der Waals surface area contributed by atoms with Gasteiger partial charge in [-0.15, -0.1) is 35.3 Å². The van der Waals surface area contributed by atoms with Crippen molar-refractivity contribution in [1.29, 1.82) is 0 Å². The summed E-state index contributed by atoms with van der Waals surface area (Å²) in [7, 11) is 0. The topological polar surface area (TPSA) is 36.4 Å². The van der Waals surface area contributed by atoms with Gasteiger partial charge in [-0.3, -0.25) is 0 Å². The minimum atomic E-state index is 0. The van der Waals surface area contributed by atoms with E-state index in [0.717, 1.165) is 25.6 Å². The van der Waals surface area contributed by atoms with E-state index in [9.17, 15) is 0 Å². The zero-order chi connectivity index (χ0) is 12.6. The molecule has 2 rings (SSSR count). The second-order valence-electron chi connectivity index (χ2n) is 3.76. The molecule has 19 heavy (non-hydrogen) atoms. The van der Waals surface area contributed by atoms with Gasteiger partial charge < -0.3 is 10.6 Å². The number of nitrogens with zero attached hydrogens (tertiary/aromatic N) is 1. The zero-order valence-corrected chi connectivity index (χ0v) is 14.7. The average Bonchev–Trinajstić information content (AvgIpc) is 3.05. The van der Waals surface area contributed by atoms with Crippen molar-refractivity contribution in [3.05, 3.63) is 44.8 Å². The van der Waals surface area contributed by atoms with E-state index in [1.807, 2.05) is 0 Å². The minimum absolute atomic E-state index is 0. The van der Waals surface area contributed by atoms with Gasteiger partial charge in [0.15, 0.2) is 5.96 Å². The van der Waals surface area contributed by atoms with Crippen LogP contribution < -0.4 is 10.6 Å². The first-order valence-electron chi connectivity index (χ1n) is 5.94. The SMILES string of the molecule is CCNC(=NCc1ccsc1)NCc1cccs1.I. The summed E-state index contributed by atoms with van der Waals surface area (Å²) in [5.74, 6) is 0.872. The van der Waals surface area contributed by atoms with Crippen LogP contribution in [0.2, 0.25) is 0 Å². The molecule has 3 nitrogen and oxygen atoms in total. The molecule has 6 heteroatoms. The molecule has 2 aromatic heterocycles. The highest BCUT2D eigenvalue weighted by Gasteiger charge is 1.99. The van der Waals surface area contributed by atoms with Crippen LogP contribution >= 0.6 is 46.7 Å². The van der Waals surface area contributed by atoms with E-state index >= 15 is 0 Å². The fraction of sp³-hybridized carbons (Fsp3) is 0.308. The van der Waals surface area contributed by atoms with Gasteiger partial charge in [-0.25, -0.2) is 4.99 Å². The van der Waals surface area contributed by atoms with E-state index in [1.165, 1.54) is 10.4 Å². The lowest BCUT2D eigenvalue weighted by atomic mass is 10.3. The van der Waals surface area contributed by atoms with Crippen LogP contribution in [0.25, 0.3) is 0 Å². The summed E-state index contributed by atoms with van der Waals surface area (Å²) in [5, 5.41) is 12.9. The smallest absolute Gasteiger partial charge is 0.191 e. The van der Waals surface area contributed by atoms with Crippen LogP contribution in [0.15, 0.2) is 39.3 Å². The summed E-state index contributed by atoms with van der Waals surface area (Å²) in [6.07, 6.45) is 0. The molecular weight excluding hydrogens is 389 g/mol. The van der Waals surface area contributed by atoms with Gasteiger partial charge in [0.25, 0.3) is 0 Å². The lowest BCUT2D eigenvalue weighted by Gasteiger charge is -2.10. The number of halogens is 1. The number of hydrogen-bond acceptors (Lipinski definition) is 3. The van der Waals surface area contributed by atoms with Gasteiger partial charge in [-0.05, 0) is 40.8 Å². The summed E-state index contributed by atoms with van der Waals surface area (Å²) in [6, 6.07) is 6.30. The van der Waals surface area contributed by atoms with E-state index in [1.54, 1.807) is 22.7 Å². The first kappa shape index (κ1) is 16.5. The number of rotatable bonds is 5. The van der Waals surface area contributed by atoms with Crippen molar-refractivity contribution in [2.75, 3.05) is 6.54 Å². The Morgan fingerprint density at radius 3 is 2.79 bits per heavy atom. The fourth-order valence-electron chi connectivity index (χ4n) is 1.48. The highest BCUT2D eigenvalue weighted by molar-refractivity contribution is 14.0. The van der Waals surface area contributed by atoms with E-state index in [4.69, 9.17) is 0 Å². The molecule has 0 unspecified atom stereocenters. The van der Waals surface area contributed by atoms with Gasteiger partial charge in [-0.1, -0.05) is 6.07 Å². The normalized spacial score (nSPS) is 10.9. The van der Waals surface area contributed by atoms with Crippen molar-refractivity contribution in [3.8, 4) is 0 Å². The molecule has 0 fully saturated rings. The van der Waals surface area contributed by atoms with Crippen LogP contribution in [-0.4, -0.2) is 12.5 Å². The standard InChI is InChI=1S/C13H17N3S2.HI/c1-2-14-13(15-8-11-5-7-17-10-11)16-9-12-4-3-6-18-12;/h3-7,10H,2,8-9H2,1H3,(H2,14,15,16);1H. The molecule has 0 aliphatic heterocycles. The van der Waals surface area contributed by atoms with Crippen LogP contribution in [0.5, 0.6) is 0 Å². The van der Waals surface area contributed by atoms with Crippen LogP contribution in [-0.2, 0) is 13.1 Å². The van der Waals surface area contributed by atoms with E-state index in [2.05, 4.69) is 56.9 Å². The Kier molecular flexibility index (Phi) is 8.08. The van der Waals surface area contributed by atoms with Crippen LogP contribution in [0.1, 0.15) is 17.4 Å². The second kappa shape index (κ2) is 9.33. The van der Waals surface area contributed by atoms with Crippen LogP contribution in [0.3, 0.4) is 0 Å². The molecule has 0 aromatic carbocycles. The maximum Gasteiger partial charge on any atom is 0.191 e. The number of nitrogens with one attached hydrogen (secondary N) is 2. The molecular formula is C13H18IN3S2. The molecule has 0 saturated carbocycles. The number of thiophene rings is 2. The second-order valence-corrected chi connectivity index (χ2v) is 5.57. The third-order valence-corrected chi connectivity index (χ3v) is 3.96. The molecule has 0 bridgehead atoms. The van der Waals surface area contributed by atoms with Crippen molar-refractivity contribution in [2.24, 2.45) is 4.99 Å². The monoisotopic (exact) mass is 407 g/mol. The largest absolute Gasteiger partial charge is 0.357 e. The quantitative estimate of drug-likeness (QED) is 0.451. The fourth-order valence-corrected chi connectivity index (χ4v) is 2.78. The Morgan fingerprint density at radius 1 is 1.26 bits per heavy atom. The van der Waals surface area contributed by atoms with E-state index < -0.39 is 0 Å². The van der Waals surface area contributed by atoms with Crippen molar-refractivity contribution in [1.82, 2.24) is 10.6 Å². The summed E-state index contributed by atoms with van der Waals surface area (Å²) < 4.78 is 0. The van der Waals surface area contributed by atoms with Crippen molar-refractivity contribution >= 4 is 52.6 Å². The van der Waals surface area contributed by atoms with Crippen LogP contribution in [0.4, 0.5) is 0 Å². The van der Waals surface area contributed by atoms with Gasteiger partial charge in [0.1, 0.15) is 0 Å². The Balaban J connectivity index is 0.00000180. The molecule has 2 N–H and O–H groups in total. The first-order chi connectivity index (χ1) is 8.88. The lowest BCUT2D eigenvalue weighted by Crippen LogP contribution is -2.36. The Morgan fingerprint density at radius 2 is 2.16 bits per heavy atom. The summed E-state index contributed by atoms with van der Waals surface area (Å²) >= 11 is 3.46. The van der Waals surface area contributed by atoms with Crippen molar-refractivity contribution in [3.63, 3.8) is 0 Å². The molecule has 0 aliphatic carbocycles. The zero-order valence-electron chi connectivity index (χ0n) is 10.8. The van der Waals surface area contributed by atoms with Gasteiger partial charge >= 0.3 is 0 Å². The summed E-state index contributed by atoms with van der Waals surface area (Å²) in [6.45, 7) is 4.50. The first-order valence-corrected chi connectivity index (χ1v) is 7.76. The molecule has 2 heterocycles. The number of hydrogen-bond donors (Lipinski definition) is 2. The van der Waals surface area contributed by atoms with Crippen molar-refractivity contribution < 1.29 is 0 Å². The molecule has 0 atom stereocenters. The third-order valence-electron chi connectivity index (χ3n) is 2.35. The average molecular weight is 407 g/mol. The number of guanidine groups is 1. The molecule has 0 radical (unpaired) electrons. The maximum atomic E-state index is 4.56. The Labute approximate surface area is 139 Å². The predicted molar refractivity (Wildman–Crippen MR) is 95.7 cm³/mol. The van der Waals surface area contributed by atoms with Crippen molar-refractivity contribution in [2.45, 2.75) is 20.0 Å². The molecule has 0 amide bonds. The number of aliphatic imine (C=N–C) groups is 1. The van der Waals surface area contributed by atoms with Gasteiger partial charge in [0.05, 0.1) is 13.1 Å². The highest BCUT2D eigenvalue weighted by Crippen LogP contribution is 2.08. The molecule has 0 saturated heterocycles. The Hall–Kier alpha value is -0.600. The van der Waals surface area contributed by atoms with Gasteiger partial charge in [0, 0.05) is 11.4 Å². The third kappa shape index (κ3) is 5.92. The highest BCUT2D eigenvalue weighted by atomic mass is 127. The van der Waals surface area contributed by atoms with E-state index in [-0.39, 0.29) is 24.0 Å². The molecule has 2 aromatic rings. The van der Waals surface area contributed by atoms with Gasteiger partial charge in [-0.2, -0.15) is 11.3 Å². The lowest BCUT2D eigenvalue weighted by molar-refractivity contribution is 0.824. The maximum absolute atomic E-state index is 4.56. The molecule has 0 aliphatic rings. The molecule has 104 valence electrons. The predicted octanol–water partition coefficient (Wildman–Crippen LogP) is 3.68. The summed E-state index contributed by atoms with van der Waals surface area (Å²) in [5.41, 5.74) is 1.26. The minimum Gasteiger partial charge on any atom is -0.357 e. The van der Waals surface area contributed by atoms with E-state index in [0.29, 0.717) is 0 Å². The van der Waals surface area contributed by atoms with Gasteiger partial charge in [0.2, 0.25) is 0 Å². The summed E-state index contributed by atoms with van der Waals surface area (Å²) in [4.78, 5) is 5.88. The Bertz CT molecular complexity index is 466.